The van der Waals surface area contributed by atoms with Crippen molar-refractivity contribution in [3.8, 4) is 11.1 Å². The highest BCUT2D eigenvalue weighted by Crippen LogP contribution is 2.22. The summed E-state index contributed by atoms with van der Waals surface area (Å²) < 4.78 is 4.80. The van der Waals surface area contributed by atoms with Crippen molar-refractivity contribution in [1.82, 2.24) is 4.98 Å². The molecule has 0 spiro atoms. The SMILES string of the molecule is O=C(OCCO)c1cc(-c2ccc(Cl)cc2)c[nH]1. The molecule has 0 saturated heterocycles. The molecule has 1 aromatic heterocycles. The molecule has 1 aromatic carbocycles. The zero-order valence-electron chi connectivity index (χ0n) is 9.52. The molecule has 2 aromatic rings. The third-order valence-electron chi connectivity index (χ3n) is 2.40. The van der Waals surface area contributed by atoms with Crippen LogP contribution < -0.4 is 0 Å². The minimum atomic E-state index is -0.482. The molecule has 0 fully saturated rings. The van der Waals surface area contributed by atoms with Gasteiger partial charge < -0.3 is 14.8 Å². The van der Waals surface area contributed by atoms with Gasteiger partial charge >= 0.3 is 5.97 Å². The van der Waals surface area contributed by atoms with Crippen LogP contribution in [0.1, 0.15) is 10.5 Å². The monoisotopic (exact) mass is 265 g/mol. The molecule has 0 saturated carbocycles. The van der Waals surface area contributed by atoms with Gasteiger partial charge in [0.25, 0.3) is 0 Å². The number of ether oxygens (including phenoxy) is 1. The number of benzene rings is 1. The van der Waals surface area contributed by atoms with Gasteiger partial charge in [-0.3, -0.25) is 0 Å². The van der Waals surface area contributed by atoms with Gasteiger partial charge in [0.2, 0.25) is 0 Å². The van der Waals surface area contributed by atoms with Crippen molar-refractivity contribution in [3.05, 3.63) is 47.2 Å². The van der Waals surface area contributed by atoms with E-state index in [1.807, 2.05) is 12.1 Å². The topological polar surface area (TPSA) is 62.3 Å². The van der Waals surface area contributed by atoms with Crippen LogP contribution in [-0.2, 0) is 4.74 Å². The standard InChI is InChI=1S/C13H12ClNO3/c14-11-3-1-9(2-4-11)10-7-12(15-8-10)13(17)18-6-5-16/h1-4,7-8,15-16H,5-6H2. The second kappa shape index (κ2) is 5.71. The molecule has 0 aliphatic rings. The maximum absolute atomic E-state index is 11.5. The summed E-state index contributed by atoms with van der Waals surface area (Å²) in [5.74, 6) is -0.482. The number of halogens is 1. The average molecular weight is 266 g/mol. The molecule has 0 aliphatic carbocycles. The van der Waals surface area contributed by atoms with Gasteiger partial charge in [-0.05, 0) is 29.3 Å². The fourth-order valence-electron chi connectivity index (χ4n) is 1.54. The van der Waals surface area contributed by atoms with Crippen molar-refractivity contribution >= 4 is 17.6 Å². The molecule has 0 atom stereocenters. The molecule has 1 heterocycles. The Morgan fingerprint density at radius 3 is 2.67 bits per heavy atom. The van der Waals surface area contributed by atoms with E-state index in [0.29, 0.717) is 10.7 Å². The number of aromatic amines is 1. The number of esters is 1. The van der Waals surface area contributed by atoms with Crippen molar-refractivity contribution in [2.45, 2.75) is 0 Å². The predicted octanol–water partition coefficient (Wildman–Crippen LogP) is 2.48. The number of carbonyl (C=O) groups is 1. The van der Waals surface area contributed by atoms with E-state index in [-0.39, 0.29) is 13.2 Å². The molecule has 0 amide bonds. The summed E-state index contributed by atoms with van der Waals surface area (Å²) in [5.41, 5.74) is 2.19. The number of aliphatic hydroxyl groups is 1. The molecule has 18 heavy (non-hydrogen) atoms. The number of aliphatic hydroxyl groups excluding tert-OH is 1. The number of hydrogen-bond acceptors (Lipinski definition) is 3. The third-order valence-corrected chi connectivity index (χ3v) is 2.66. The van der Waals surface area contributed by atoms with Crippen LogP contribution in [0.5, 0.6) is 0 Å². The van der Waals surface area contributed by atoms with E-state index < -0.39 is 5.97 Å². The first-order valence-corrected chi connectivity index (χ1v) is 5.81. The van der Waals surface area contributed by atoms with Crippen LogP contribution in [0.15, 0.2) is 36.5 Å². The first kappa shape index (κ1) is 12.7. The number of aromatic nitrogens is 1. The molecule has 2 rings (SSSR count). The van der Waals surface area contributed by atoms with Gasteiger partial charge in [0, 0.05) is 11.2 Å². The van der Waals surface area contributed by atoms with Crippen molar-refractivity contribution in [1.29, 1.82) is 0 Å². The largest absolute Gasteiger partial charge is 0.459 e. The van der Waals surface area contributed by atoms with Gasteiger partial charge in [-0.15, -0.1) is 0 Å². The van der Waals surface area contributed by atoms with Crippen LogP contribution in [0.4, 0.5) is 0 Å². The lowest BCUT2D eigenvalue weighted by Gasteiger charge is -1.99. The smallest absolute Gasteiger partial charge is 0.354 e. The molecule has 5 heteroatoms. The summed E-state index contributed by atoms with van der Waals surface area (Å²) in [5, 5.41) is 9.24. The van der Waals surface area contributed by atoms with Gasteiger partial charge in [0.05, 0.1) is 6.61 Å². The second-order valence-corrected chi connectivity index (χ2v) is 4.10. The zero-order valence-corrected chi connectivity index (χ0v) is 10.3. The Balaban J connectivity index is 2.15. The fourth-order valence-corrected chi connectivity index (χ4v) is 1.66. The fraction of sp³-hybridized carbons (Fsp3) is 0.154. The van der Waals surface area contributed by atoms with E-state index >= 15 is 0 Å². The Morgan fingerprint density at radius 1 is 1.28 bits per heavy atom. The normalized spacial score (nSPS) is 10.3. The van der Waals surface area contributed by atoms with Crippen LogP contribution in [0.25, 0.3) is 11.1 Å². The number of carbonyl (C=O) groups excluding carboxylic acids is 1. The Morgan fingerprint density at radius 2 is 2.00 bits per heavy atom. The van der Waals surface area contributed by atoms with Gasteiger partial charge in [-0.2, -0.15) is 0 Å². The number of nitrogens with one attached hydrogen (secondary N) is 1. The number of H-pyrrole nitrogens is 1. The molecule has 0 radical (unpaired) electrons. The van der Waals surface area contributed by atoms with Crippen LogP contribution in [0.2, 0.25) is 5.02 Å². The van der Waals surface area contributed by atoms with Crippen molar-refractivity contribution in [2.24, 2.45) is 0 Å². The van der Waals surface area contributed by atoms with Crippen LogP contribution in [0, 0.1) is 0 Å². The molecular formula is C13H12ClNO3. The Bertz CT molecular complexity index is 533. The van der Waals surface area contributed by atoms with E-state index in [4.69, 9.17) is 21.4 Å². The van der Waals surface area contributed by atoms with E-state index in [2.05, 4.69) is 4.98 Å². The number of hydrogen-bond donors (Lipinski definition) is 2. The van der Waals surface area contributed by atoms with Crippen molar-refractivity contribution < 1.29 is 14.6 Å². The van der Waals surface area contributed by atoms with E-state index in [1.54, 1.807) is 24.4 Å². The Hall–Kier alpha value is -1.78. The molecule has 0 unspecified atom stereocenters. The highest BCUT2D eigenvalue weighted by atomic mass is 35.5. The van der Waals surface area contributed by atoms with Gasteiger partial charge in [-0.1, -0.05) is 23.7 Å². The van der Waals surface area contributed by atoms with Crippen LogP contribution in [-0.4, -0.2) is 29.3 Å². The molecule has 0 aliphatic heterocycles. The maximum atomic E-state index is 11.5. The van der Waals surface area contributed by atoms with Gasteiger partial charge in [0.1, 0.15) is 12.3 Å². The van der Waals surface area contributed by atoms with Gasteiger partial charge in [-0.25, -0.2) is 4.79 Å². The minimum absolute atomic E-state index is 0.00582. The summed E-state index contributed by atoms with van der Waals surface area (Å²) >= 11 is 5.81. The van der Waals surface area contributed by atoms with E-state index in [1.165, 1.54) is 0 Å². The van der Waals surface area contributed by atoms with Crippen LogP contribution >= 0.6 is 11.6 Å². The average Bonchev–Trinajstić information content (AvgIpc) is 2.86. The summed E-state index contributed by atoms with van der Waals surface area (Å²) in [7, 11) is 0. The Kier molecular flexibility index (Phi) is 4.02. The van der Waals surface area contributed by atoms with Crippen molar-refractivity contribution in [3.63, 3.8) is 0 Å². The van der Waals surface area contributed by atoms with E-state index in [9.17, 15) is 4.79 Å². The quantitative estimate of drug-likeness (QED) is 0.835. The first-order valence-electron chi connectivity index (χ1n) is 5.43. The number of rotatable bonds is 4. The Labute approximate surface area is 109 Å². The van der Waals surface area contributed by atoms with E-state index in [0.717, 1.165) is 11.1 Å². The lowest BCUT2D eigenvalue weighted by molar-refractivity contribution is 0.0428. The first-order chi connectivity index (χ1) is 8.70. The summed E-state index contributed by atoms with van der Waals surface area (Å²) in [6.07, 6.45) is 1.72. The zero-order chi connectivity index (χ0) is 13.0. The van der Waals surface area contributed by atoms with Crippen molar-refractivity contribution in [2.75, 3.05) is 13.2 Å². The maximum Gasteiger partial charge on any atom is 0.354 e. The van der Waals surface area contributed by atoms with Crippen LogP contribution in [0.3, 0.4) is 0 Å². The van der Waals surface area contributed by atoms with Gasteiger partial charge in [0.15, 0.2) is 0 Å². The lowest BCUT2D eigenvalue weighted by Crippen LogP contribution is -2.08. The molecule has 94 valence electrons. The third kappa shape index (κ3) is 2.91. The highest BCUT2D eigenvalue weighted by Gasteiger charge is 2.10. The summed E-state index contributed by atoms with van der Waals surface area (Å²) in [4.78, 5) is 14.4. The molecular weight excluding hydrogens is 254 g/mol. The molecule has 2 N–H and O–H groups in total. The minimum Gasteiger partial charge on any atom is -0.459 e. The highest BCUT2D eigenvalue weighted by molar-refractivity contribution is 6.30. The molecule has 4 nitrogen and oxygen atoms in total. The second-order valence-electron chi connectivity index (χ2n) is 3.67. The predicted molar refractivity (Wildman–Crippen MR) is 68.6 cm³/mol. The lowest BCUT2D eigenvalue weighted by atomic mass is 10.1. The summed E-state index contributed by atoms with van der Waals surface area (Å²) in [6.45, 7) is -0.190. The molecule has 0 bridgehead atoms. The summed E-state index contributed by atoms with van der Waals surface area (Å²) in [6, 6.07) is 9.01.